The van der Waals surface area contributed by atoms with Crippen LogP contribution in [0.25, 0.3) is 0 Å². The maximum atomic E-state index is 11.9. The van der Waals surface area contributed by atoms with Gasteiger partial charge in [0, 0.05) is 6.07 Å². The number of rotatable bonds is 5. The van der Waals surface area contributed by atoms with Gasteiger partial charge in [0.15, 0.2) is 6.61 Å². The maximum absolute atomic E-state index is 11.9. The predicted molar refractivity (Wildman–Crippen MR) is 86.1 cm³/mol. The lowest BCUT2D eigenvalue weighted by Gasteiger charge is -2.09. The van der Waals surface area contributed by atoms with E-state index >= 15 is 0 Å². The first-order valence-corrected chi connectivity index (χ1v) is 7.19. The van der Waals surface area contributed by atoms with Gasteiger partial charge in [-0.1, -0.05) is 18.2 Å². The summed E-state index contributed by atoms with van der Waals surface area (Å²) in [5, 5.41) is 13.5. The van der Waals surface area contributed by atoms with E-state index in [9.17, 15) is 14.9 Å². The van der Waals surface area contributed by atoms with Crippen LogP contribution in [0.4, 0.5) is 11.4 Å². The molecule has 0 bridgehead atoms. The predicted octanol–water partition coefficient (Wildman–Crippen LogP) is 3.68. The Morgan fingerprint density at radius 3 is 2.73 bits per heavy atom. The van der Waals surface area contributed by atoms with Crippen molar-refractivity contribution >= 4 is 33.2 Å². The number of anilines is 1. The number of halogens is 1. The summed E-state index contributed by atoms with van der Waals surface area (Å²) >= 11 is 3.31. The standard InChI is InChI=1S/C15H13BrN2O4/c1-10-6-7-12(13(8-10)18(20)21)17-15(19)9-22-14-5-3-2-4-11(14)16/h2-8H,9H2,1H3,(H,17,19). The summed E-state index contributed by atoms with van der Waals surface area (Å²) in [6, 6.07) is 11.7. The van der Waals surface area contributed by atoms with Gasteiger partial charge in [-0.3, -0.25) is 14.9 Å². The van der Waals surface area contributed by atoms with Crippen LogP contribution in [0.15, 0.2) is 46.9 Å². The van der Waals surface area contributed by atoms with E-state index in [2.05, 4.69) is 21.2 Å². The van der Waals surface area contributed by atoms with Crippen LogP contribution in [0, 0.1) is 17.0 Å². The second-order valence-corrected chi connectivity index (χ2v) is 5.40. The van der Waals surface area contributed by atoms with Crippen molar-refractivity contribution < 1.29 is 14.5 Å². The zero-order valence-electron chi connectivity index (χ0n) is 11.7. The third-order valence-corrected chi connectivity index (χ3v) is 3.47. The summed E-state index contributed by atoms with van der Waals surface area (Å²) < 4.78 is 6.09. The fraction of sp³-hybridized carbons (Fsp3) is 0.133. The molecule has 6 nitrogen and oxygen atoms in total. The molecule has 114 valence electrons. The van der Waals surface area contributed by atoms with Crippen LogP contribution < -0.4 is 10.1 Å². The zero-order valence-corrected chi connectivity index (χ0v) is 13.3. The first kappa shape index (κ1) is 16.0. The van der Waals surface area contributed by atoms with Gasteiger partial charge in [-0.15, -0.1) is 0 Å². The van der Waals surface area contributed by atoms with E-state index < -0.39 is 10.8 Å². The Kier molecular flexibility index (Phi) is 5.11. The normalized spacial score (nSPS) is 10.1. The molecule has 1 N–H and O–H groups in total. The molecule has 0 saturated heterocycles. The zero-order chi connectivity index (χ0) is 16.1. The molecule has 0 aliphatic heterocycles. The van der Waals surface area contributed by atoms with Crippen LogP contribution in [0.5, 0.6) is 5.75 Å². The number of nitrogens with one attached hydrogen (secondary N) is 1. The number of carbonyl (C=O) groups excluding carboxylic acids is 1. The fourth-order valence-corrected chi connectivity index (χ4v) is 2.19. The van der Waals surface area contributed by atoms with Crippen molar-refractivity contribution in [3.8, 4) is 5.75 Å². The van der Waals surface area contributed by atoms with Crippen molar-refractivity contribution in [2.75, 3.05) is 11.9 Å². The Morgan fingerprint density at radius 2 is 2.05 bits per heavy atom. The number of hydrogen-bond acceptors (Lipinski definition) is 4. The number of para-hydroxylation sites is 1. The molecule has 0 radical (unpaired) electrons. The molecule has 2 aromatic rings. The Hall–Kier alpha value is -2.41. The molecule has 0 heterocycles. The summed E-state index contributed by atoms with van der Waals surface area (Å²) in [5.74, 6) is 0.0544. The number of nitrogens with zero attached hydrogens (tertiary/aromatic N) is 1. The number of amides is 1. The smallest absolute Gasteiger partial charge is 0.293 e. The van der Waals surface area contributed by atoms with Crippen LogP contribution in [0.3, 0.4) is 0 Å². The minimum atomic E-state index is -0.531. The highest BCUT2D eigenvalue weighted by Crippen LogP contribution is 2.26. The van der Waals surface area contributed by atoms with Crippen LogP contribution in [-0.4, -0.2) is 17.4 Å². The monoisotopic (exact) mass is 364 g/mol. The number of benzene rings is 2. The SMILES string of the molecule is Cc1ccc(NC(=O)COc2ccccc2Br)c([N+](=O)[O-])c1. The van der Waals surface area contributed by atoms with E-state index in [0.29, 0.717) is 5.75 Å². The van der Waals surface area contributed by atoms with Gasteiger partial charge in [0.2, 0.25) is 0 Å². The molecule has 22 heavy (non-hydrogen) atoms. The third kappa shape index (κ3) is 4.05. The molecule has 0 aliphatic carbocycles. The van der Waals surface area contributed by atoms with Crippen molar-refractivity contribution in [2.45, 2.75) is 6.92 Å². The van der Waals surface area contributed by atoms with E-state index in [0.717, 1.165) is 10.0 Å². The molecule has 1 amide bonds. The highest BCUT2D eigenvalue weighted by molar-refractivity contribution is 9.10. The van der Waals surface area contributed by atoms with Crippen molar-refractivity contribution in [1.29, 1.82) is 0 Å². The Morgan fingerprint density at radius 1 is 1.32 bits per heavy atom. The number of carbonyl (C=O) groups is 1. The Labute approximate surface area is 135 Å². The first-order valence-electron chi connectivity index (χ1n) is 6.39. The fourth-order valence-electron chi connectivity index (χ4n) is 1.79. The average Bonchev–Trinajstić information content (AvgIpc) is 2.48. The van der Waals surface area contributed by atoms with Gasteiger partial charge in [0.05, 0.1) is 9.40 Å². The molecule has 0 unspecified atom stereocenters. The number of nitro benzene ring substituents is 1. The summed E-state index contributed by atoms with van der Waals surface area (Å²) in [5.41, 5.74) is 0.750. The molecule has 0 saturated carbocycles. The second kappa shape index (κ2) is 7.04. The molecular formula is C15H13BrN2O4. The van der Waals surface area contributed by atoms with Gasteiger partial charge in [0.1, 0.15) is 11.4 Å². The molecule has 0 atom stereocenters. The lowest BCUT2D eigenvalue weighted by atomic mass is 10.2. The minimum Gasteiger partial charge on any atom is -0.483 e. The Balaban J connectivity index is 2.04. The number of hydrogen-bond donors (Lipinski definition) is 1. The molecular weight excluding hydrogens is 352 g/mol. The van der Waals surface area contributed by atoms with E-state index in [1.165, 1.54) is 12.1 Å². The summed E-state index contributed by atoms with van der Waals surface area (Å²) in [4.78, 5) is 22.3. The van der Waals surface area contributed by atoms with Crippen LogP contribution >= 0.6 is 15.9 Å². The quantitative estimate of drug-likeness (QED) is 0.647. The molecule has 0 aromatic heterocycles. The van der Waals surface area contributed by atoms with E-state index in [-0.39, 0.29) is 18.0 Å². The van der Waals surface area contributed by atoms with Gasteiger partial charge in [-0.25, -0.2) is 0 Å². The lowest BCUT2D eigenvalue weighted by Crippen LogP contribution is -2.20. The Bertz CT molecular complexity index is 718. The maximum Gasteiger partial charge on any atom is 0.293 e. The minimum absolute atomic E-state index is 0.144. The van der Waals surface area contributed by atoms with Crippen molar-refractivity contribution in [2.24, 2.45) is 0 Å². The van der Waals surface area contributed by atoms with Crippen LogP contribution in [0.2, 0.25) is 0 Å². The van der Waals surface area contributed by atoms with E-state index in [1.54, 1.807) is 31.2 Å². The number of aryl methyl sites for hydroxylation is 1. The molecule has 0 aliphatic rings. The van der Waals surface area contributed by atoms with E-state index in [1.807, 2.05) is 6.07 Å². The number of nitro groups is 1. The summed E-state index contributed by atoms with van der Waals surface area (Å²) in [6.45, 7) is 1.50. The van der Waals surface area contributed by atoms with E-state index in [4.69, 9.17) is 4.74 Å². The van der Waals surface area contributed by atoms with Crippen LogP contribution in [0.1, 0.15) is 5.56 Å². The average molecular weight is 365 g/mol. The second-order valence-electron chi connectivity index (χ2n) is 4.54. The van der Waals surface area contributed by atoms with Crippen molar-refractivity contribution in [3.05, 3.63) is 62.6 Å². The van der Waals surface area contributed by atoms with Gasteiger partial charge in [-0.05, 0) is 46.6 Å². The van der Waals surface area contributed by atoms with Gasteiger partial charge in [-0.2, -0.15) is 0 Å². The summed E-state index contributed by atoms with van der Waals surface area (Å²) in [7, 11) is 0. The summed E-state index contributed by atoms with van der Waals surface area (Å²) in [6.07, 6.45) is 0. The van der Waals surface area contributed by atoms with Gasteiger partial charge < -0.3 is 10.1 Å². The largest absolute Gasteiger partial charge is 0.483 e. The molecule has 2 aromatic carbocycles. The number of ether oxygens (including phenoxy) is 1. The molecule has 2 rings (SSSR count). The lowest BCUT2D eigenvalue weighted by molar-refractivity contribution is -0.384. The molecule has 7 heteroatoms. The third-order valence-electron chi connectivity index (χ3n) is 2.82. The van der Waals surface area contributed by atoms with Crippen molar-refractivity contribution in [1.82, 2.24) is 0 Å². The molecule has 0 fully saturated rings. The highest BCUT2D eigenvalue weighted by atomic mass is 79.9. The van der Waals surface area contributed by atoms with Crippen molar-refractivity contribution in [3.63, 3.8) is 0 Å². The topological polar surface area (TPSA) is 81.5 Å². The van der Waals surface area contributed by atoms with Gasteiger partial charge in [0.25, 0.3) is 11.6 Å². The van der Waals surface area contributed by atoms with Gasteiger partial charge >= 0.3 is 0 Å². The highest BCUT2D eigenvalue weighted by Gasteiger charge is 2.16. The first-order chi connectivity index (χ1) is 10.5. The molecule has 0 spiro atoms. The van der Waals surface area contributed by atoms with Crippen LogP contribution in [-0.2, 0) is 4.79 Å².